The van der Waals surface area contributed by atoms with Crippen LogP contribution in [0.25, 0.3) is 0 Å². The van der Waals surface area contributed by atoms with Crippen LogP contribution in [0.3, 0.4) is 0 Å². The summed E-state index contributed by atoms with van der Waals surface area (Å²) < 4.78 is 5.80. The highest BCUT2D eigenvalue weighted by atomic mass is 16.5. The minimum atomic E-state index is 0.193. The van der Waals surface area contributed by atoms with Gasteiger partial charge in [0.2, 0.25) is 0 Å². The molecule has 0 bridgehead atoms. The molecule has 0 radical (unpaired) electrons. The number of hydrogen-bond acceptors (Lipinski definition) is 3. The predicted molar refractivity (Wildman–Crippen MR) is 83.9 cm³/mol. The molecule has 2 aromatic carbocycles. The normalized spacial score (nSPS) is 11.7. The van der Waals surface area contributed by atoms with Crippen molar-refractivity contribution < 1.29 is 4.74 Å². The van der Waals surface area contributed by atoms with E-state index in [1.165, 1.54) is 5.56 Å². The largest absolute Gasteiger partial charge is 0.489 e. The maximum atomic E-state index is 8.77. The van der Waals surface area contributed by atoms with Crippen molar-refractivity contribution in [2.24, 2.45) is 5.73 Å². The third-order valence-electron chi connectivity index (χ3n) is 3.41. The Balaban J connectivity index is 1.96. The van der Waals surface area contributed by atoms with E-state index in [1.54, 1.807) is 12.1 Å². The molecular weight excluding hydrogens is 260 g/mol. The molecule has 1 unspecified atom stereocenters. The summed E-state index contributed by atoms with van der Waals surface area (Å²) >= 11 is 0. The molecule has 0 saturated carbocycles. The number of ether oxygens (including phenoxy) is 1. The first-order chi connectivity index (χ1) is 10.2. The fourth-order valence-electron chi connectivity index (χ4n) is 2.05. The molecule has 2 aromatic rings. The summed E-state index contributed by atoms with van der Waals surface area (Å²) in [6.45, 7) is 2.59. The Hall–Kier alpha value is -2.31. The van der Waals surface area contributed by atoms with Crippen LogP contribution in [-0.4, -0.2) is 6.04 Å². The molecule has 108 valence electrons. The molecule has 2 rings (SSSR count). The fraction of sp³-hybridized carbons (Fsp3) is 0.278. The summed E-state index contributed by atoms with van der Waals surface area (Å²) in [5, 5.41) is 8.77. The number of nitrogens with zero attached hydrogens (tertiary/aromatic N) is 1. The Kier molecular flexibility index (Phi) is 5.36. The summed E-state index contributed by atoms with van der Waals surface area (Å²) in [5.41, 5.74) is 8.88. The van der Waals surface area contributed by atoms with Crippen molar-refractivity contribution in [3.05, 3.63) is 65.2 Å². The van der Waals surface area contributed by atoms with E-state index in [9.17, 15) is 0 Å². The van der Waals surface area contributed by atoms with E-state index >= 15 is 0 Å². The van der Waals surface area contributed by atoms with Crippen LogP contribution in [0.1, 0.15) is 30.0 Å². The molecule has 21 heavy (non-hydrogen) atoms. The van der Waals surface area contributed by atoms with E-state index in [0.717, 1.165) is 24.2 Å². The van der Waals surface area contributed by atoms with Crippen molar-refractivity contribution in [1.82, 2.24) is 0 Å². The van der Waals surface area contributed by atoms with Crippen LogP contribution >= 0.6 is 0 Å². The lowest BCUT2D eigenvalue weighted by atomic mass is 10.0. The van der Waals surface area contributed by atoms with Crippen LogP contribution < -0.4 is 10.5 Å². The number of nitriles is 1. The topological polar surface area (TPSA) is 59.0 Å². The van der Waals surface area contributed by atoms with Gasteiger partial charge in [-0.25, -0.2) is 0 Å². The van der Waals surface area contributed by atoms with Gasteiger partial charge in [0.25, 0.3) is 0 Å². The number of nitrogens with two attached hydrogens (primary N) is 1. The van der Waals surface area contributed by atoms with Crippen LogP contribution in [0.5, 0.6) is 5.75 Å². The van der Waals surface area contributed by atoms with Gasteiger partial charge >= 0.3 is 0 Å². The Bertz CT molecular complexity index is 614. The highest BCUT2D eigenvalue weighted by Crippen LogP contribution is 2.17. The minimum Gasteiger partial charge on any atom is -0.489 e. The van der Waals surface area contributed by atoms with Gasteiger partial charge < -0.3 is 10.5 Å². The average Bonchev–Trinajstić information content (AvgIpc) is 2.53. The van der Waals surface area contributed by atoms with E-state index in [0.29, 0.717) is 12.2 Å². The Morgan fingerprint density at radius 3 is 2.57 bits per heavy atom. The van der Waals surface area contributed by atoms with Crippen LogP contribution in [0.15, 0.2) is 48.5 Å². The number of rotatable bonds is 6. The molecule has 0 saturated heterocycles. The van der Waals surface area contributed by atoms with Gasteiger partial charge in [-0.3, -0.25) is 0 Å². The molecule has 0 heterocycles. The Labute approximate surface area is 126 Å². The average molecular weight is 280 g/mol. The van der Waals surface area contributed by atoms with Crippen molar-refractivity contribution in [3.63, 3.8) is 0 Å². The zero-order valence-corrected chi connectivity index (χ0v) is 12.3. The highest BCUT2D eigenvalue weighted by molar-refractivity contribution is 5.32. The molecule has 3 nitrogen and oxygen atoms in total. The monoisotopic (exact) mass is 280 g/mol. The lowest BCUT2D eigenvalue weighted by Gasteiger charge is -2.11. The van der Waals surface area contributed by atoms with Gasteiger partial charge in [0.05, 0.1) is 11.6 Å². The lowest BCUT2D eigenvalue weighted by Crippen LogP contribution is -2.21. The molecule has 1 atom stereocenters. The van der Waals surface area contributed by atoms with E-state index in [-0.39, 0.29) is 6.04 Å². The first-order valence-electron chi connectivity index (χ1n) is 7.17. The fourth-order valence-corrected chi connectivity index (χ4v) is 2.05. The molecular formula is C18H20N2O. The van der Waals surface area contributed by atoms with Crippen molar-refractivity contribution >= 4 is 0 Å². The van der Waals surface area contributed by atoms with Gasteiger partial charge in [0, 0.05) is 6.04 Å². The van der Waals surface area contributed by atoms with E-state index < -0.39 is 0 Å². The van der Waals surface area contributed by atoms with Crippen LogP contribution in [-0.2, 0) is 13.0 Å². The molecule has 0 fully saturated rings. The first kappa shape index (κ1) is 15.1. The van der Waals surface area contributed by atoms with Gasteiger partial charge in [-0.05, 0) is 48.2 Å². The van der Waals surface area contributed by atoms with Gasteiger partial charge in [-0.15, -0.1) is 0 Å². The summed E-state index contributed by atoms with van der Waals surface area (Å²) in [4.78, 5) is 0. The molecule has 0 aliphatic heterocycles. The SMILES string of the molecule is CCC(N)Cc1cccc(OCc2ccc(C#N)cc2)c1. The zero-order chi connectivity index (χ0) is 15.1. The summed E-state index contributed by atoms with van der Waals surface area (Å²) in [7, 11) is 0. The summed E-state index contributed by atoms with van der Waals surface area (Å²) in [6, 6.07) is 17.8. The summed E-state index contributed by atoms with van der Waals surface area (Å²) in [5.74, 6) is 0.847. The van der Waals surface area contributed by atoms with Crippen molar-refractivity contribution in [1.29, 1.82) is 5.26 Å². The summed E-state index contributed by atoms with van der Waals surface area (Å²) in [6.07, 6.45) is 1.83. The van der Waals surface area contributed by atoms with E-state index in [2.05, 4.69) is 19.1 Å². The van der Waals surface area contributed by atoms with Crippen molar-refractivity contribution in [2.45, 2.75) is 32.4 Å². The highest BCUT2D eigenvalue weighted by Gasteiger charge is 2.03. The van der Waals surface area contributed by atoms with Crippen LogP contribution in [0.4, 0.5) is 0 Å². The third kappa shape index (κ3) is 4.62. The number of benzene rings is 2. The quantitative estimate of drug-likeness (QED) is 0.882. The van der Waals surface area contributed by atoms with Crippen LogP contribution in [0, 0.1) is 11.3 Å². The maximum absolute atomic E-state index is 8.77. The molecule has 0 aromatic heterocycles. The predicted octanol–water partition coefficient (Wildman–Crippen LogP) is 3.42. The van der Waals surface area contributed by atoms with Gasteiger partial charge in [0.15, 0.2) is 0 Å². The second-order valence-corrected chi connectivity index (χ2v) is 5.12. The van der Waals surface area contributed by atoms with Gasteiger partial charge in [0.1, 0.15) is 12.4 Å². The number of hydrogen-bond donors (Lipinski definition) is 1. The molecule has 2 N–H and O–H groups in total. The molecule has 0 spiro atoms. The Morgan fingerprint density at radius 1 is 1.14 bits per heavy atom. The second kappa shape index (κ2) is 7.47. The van der Waals surface area contributed by atoms with Crippen molar-refractivity contribution in [3.8, 4) is 11.8 Å². The van der Waals surface area contributed by atoms with E-state index in [1.807, 2.05) is 30.3 Å². The third-order valence-corrected chi connectivity index (χ3v) is 3.41. The molecule has 3 heteroatoms. The molecule has 0 aliphatic rings. The van der Waals surface area contributed by atoms with Crippen LogP contribution in [0.2, 0.25) is 0 Å². The van der Waals surface area contributed by atoms with Crippen molar-refractivity contribution in [2.75, 3.05) is 0 Å². The van der Waals surface area contributed by atoms with Gasteiger partial charge in [-0.2, -0.15) is 5.26 Å². The Morgan fingerprint density at radius 2 is 1.90 bits per heavy atom. The molecule has 0 amide bonds. The zero-order valence-electron chi connectivity index (χ0n) is 12.3. The van der Waals surface area contributed by atoms with Gasteiger partial charge in [-0.1, -0.05) is 31.2 Å². The minimum absolute atomic E-state index is 0.193. The standard InChI is InChI=1S/C18H20N2O/c1-2-17(20)10-16-4-3-5-18(11-16)21-13-15-8-6-14(12-19)7-9-15/h3-9,11,17H,2,10,13,20H2,1H3. The first-order valence-corrected chi connectivity index (χ1v) is 7.17. The second-order valence-electron chi connectivity index (χ2n) is 5.12. The smallest absolute Gasteiger partial charge is 0.120 e. The lowest BCUT2D eigenvalue weighted by molar-refractivity contribution is 0.306. The molecule has 0 aliphatic carbocycles. The van der Waals surface area contributed by atoms with E-state index in [4.69, 9.17) is 15.7 Å². The maximum Gasteiger partial charge on any atom is 0.120 e.